The van der Waals surface area contributed by atoms with Gasteiger partial charge < -0.3 is 0 Å². The molecule has 0 aliphatic carbocycles. The molecule has 13 heteroatoms. The fraction of sp³-hybridized carbons (Fsp3) is 0.308. The van der Waals surface area contributed by atoms with E-state index in [2.05, 4.69) is 15.5 Å². The van der Waals surface area contributed by atoms with Crippen LogP contribution in [0.1, 0.15) is 12.6 Å². The number of nitrogens with two attached hydrogens (primary N) is 1. The van der Waals surface area contributed by atoms with E-state index in [1.165, 1.54) is 11.8 Å². The number of β-lactam (4-membered cyclic amide) rings is 1. The van der Waals surface area contributed by atoms with Gasteiger partial charge in [0.25, 0.3) is 0 Å². The number of carboxylic acid groups (broad SMARTS) is 1. The molecule has 10 nitrogen and oxygen atoms in total. The summed E-state index contributed by atoms with van der Waals surface area (Å²) in [6.45, 7) is 1.61. The van der Waals surface area contributed by atoms with Gasteiger partial charge in [0.1, 0.15) is 0 Å². The largest absolute Gasteiger partial charge is 1.00 e. The normalized spacial score (nSPS) is 22.3. The summed E-state index contributed by atoms with van der Waals surface area (Å²) >= 11 is 1.11. The molecule has 132 valence electrons. The van der Waals surface area contributed by atoms with Gasteiger partial charge in [0, 0.05) is 0 Å². The molecule has 3 rings (SSSR count). The maximum atomic E-state index is 12.3. The summed E-state index contributed by atoms with van der Waals surface area (Å²) in [5, 5.41) is 25.2. The monoisotopic (exact) mass is 453 g/mol. The van der Waals surface area contributed by atoms with Gasteiger partial charge in [-0.1, -0.05) is 0 Å². The number of oxime groups is 1. The number of aliphatic carboxylic acids is 1. The first kappa shape index (κ1) is 21.0. The summed E-state index contributed by atoms with van der Waals surface area (Å²) in [6, 6.07) is -0.925. The fourth-order valence-corrected chi connectivity index (χ4v) is 5.02. The van der Waals surface area contributed by atoms with Gasteiger partial charge in [0.15, 0.2) is 0 Å². The van der Waals surface area contributed by atoms with E-state index in [0.717, 1.165) is 4.90 Å². The molecule has 0 radical (unpaired) electrons. The van der Waals surface area contributed by atoms with Crippen molar-refractivity contribution in [2.24, 2.45) is 5.16 Å². The van der Waals surface area contributed by atoms with Crippen molar-refractivity contribution in [1.82, 2.24) is 15.2 Å². The van der Waals surface area contributed by atoms with Crippen LogP contribution in [-0.4, -0.2) is 70.3 Å². The van der Waals surface area contributed by atoms with Crippen LogP contribution < -0.4 is 45.7 Å². The Bertz CT molecular complexity index is 841. The quantitative estimate of drug-likeness (QED) is 0.134. The zero-order valence-corrected chi connectivity index (χ0v) is 18.3. The Morgan fingerprint density at radius 1 is 1.58 bits per heavy atom. The summed E-state index contributed by atoms with van der Waals surface area (Å²) in [6.07, 6.45) is 0. The van der Waals surface area contributed by atoms with Crippen molar-refractivity contribution < 1.29 is 54.3 Å². The average Bonchev–Trinajstić information content (AvgIpc) is 2.98. The Labute approximate surface area is 179 Å². The molecule has 0 unspecified atom stereocenters. The van der Waals surface area contributed by atoms with Crippen LogP contribution in [-0.2, 0) is 14.4 Å². The number of carboxylic acids is 1. The standard InChI is InChI=1S/C13H13N5O5SSe.Na/c1-4-2-24-11-7(10(20)18(11)8(4)12(21)22)16-9(19)6(17-23)5-3-25-13(14)15-5;/h3,7,11,23H,2H2,1H3,(H2,14,15)(H,16,19)(H,21,22);/q;+1/p-1/b17-6-;/t7-,11-;/m1./s1. The first-order valence-electron chi connectivity index (χ1n) is 6.95. The molecule has 3 heterocycles. The minimum atomic E-state index is -1.43. The predicted octanol–water partition coefficient (Wildman–Crippen LogP) is -5.67. The molecule has 0 bridgehead atoms. The van der Waals surface area contributed by atoms with E-state index in [1.807, 2.05) is 0 Å². The number of nitrogens with one attached hydrogen (secondary N) is 1. The number of hydrogen-bond acceptors (Lipinski definition) is 9. The second-order valence-electron chi connectivity index (χ2n) is 5.30. The van der Waals surface area contributed by atoms with Gasteiger partial charge in [-0.3, -0.25) is 0 Å². The van der Waals surface area contributed by atoms with Gasteiger partial charge in [-0.15, -0.1) is 0 Å². The first-order valence-corrected chi connectivity index (χ1v) is 9.84. The molecule has 2 amide bonds. The van der Waals surface area contributed by atoms with Crippen LogP contribution in [0, 0.1) is 0 Å². The maximum Gasteiger partial charge on any atom is 1.00 e. The van der Waals surface area contributed by atoms with Gasteiger partial charge >= 0.3 is 181 Å². The Kier molecular flexibility index (Phi) is 6.59. The third-order valence-electron chi connectivity index (χ3n) is 3.72. The molecule has 0 aromatic carbocycles. The molecule has 2 aliphatic rings. The van der Waals surface area contributed by atoms with Crippen LogP contribution in [0.25, 0.3) is 0 Å². The van der Waals surface area contributed by atoms with E-state index in [1.54, 1.807) is 11.9 Å². The zero-order chi connectivity index (χ0) is 18.3. The van der Waals surface area contributed by atoms with Crippen LogP contribution >= 0.6 is 11.8 Å². The molecule has 2 aliphatic heterocycles. The number of fused-ring (bicyclic) bond motifs is 1. The number of nitrogen functional groups attached to an aromatic ring is 1. The topological polar surface area (TPSA) is 161 Å². The van der Waals surface area contributed by atoms with E-state index in [-0.39, 0.29) is 61.2 Å². The third kappa shape index (κ3) is 3.57. The number of hydrogen-bond donors (Lipinski definition) is 3. The molecule has 2 atom stereocenters. The predicted molar refractivity (Wildman–Crippen MR) is 86.6 cm³/mol. The SMILES string of the molecule is CC1=C(C(=O)[O-])N2C(=O)[C@@H](NC(=O)/C(=N\O)c3c[se]c(N)n3)[C@H]2SC1.[Na+]. The molecule has 1 saturated heterocycles. The number of amides is 2. The van der Waals surface area contributed by atoms with Gasteiger partial charge in [-0.05, 0) is 0 Å². The van der Waals surface area contributed by atoms with Crippen LogP contribution in [0.3, 0.4) is 0 Å². The van der Waals surface area contributed by atoms with Gasteiger partial charge in [-0.25, -0.2) is 0 Å². The van der Waals surface area contributed by atoms with E-state index < -0.39 is 29.2 Å². The van der Waals surface area contributed by atoms with Gasteiger partial charge in [0.05, 0.1) is 0 Å². The molecule has 0 saturated carbocycles. The zero-order valence-electron chi connectivity index (χ0n) is 13.8. The van der Waals surface area contributed by atoms with Gasteiger partial charge in [0.2, 0.25) is 0 Å². The number of rotatable bonds is 4. The molecule has 1 aromatic heterocycles. The molecular formula is C13H12N5NaO5SSe. The second-order valence-corrected chi connectivity index (χ2v) is 8.27. The summed E-state index contributed by atoms with van der Waals surface area (Å²) in [7, 11) is 0. The smallest absolute Gasteiger partial charge is 1.00 e. The van der Waals surface area contributed by atoms with Crippen LogP contribution in [0.5, 0.6) is 0 Å². The average molecular weight is 452 g/mol. The molecule has 0 spiro atoms. The Morgan fingerprint density at radius 3 is 2.81 bits per heavy atom. The van der Waals surface area contributed by atoms with Crippen molar-refractivity contribution in [2.75, 3.05) is 11.5 Å². The number of nitrogens with zero attached hydrogens (tertiary/aromatic N) is 3. The summed E-state index contributed by atoms with van der Waals surface area (Å²) in [5.74, 6) is -2.38. The molecule has 26 heavy (non-hydrogen) atoms. The molecule has 1 aromatic rings. The van der Waals surface area contributed by atoms with Crippen LogP contribution in [0.15, 0.2) is 21.4 Å². The Morgan fingerprint density at radius 2 is 2.27 bits per heavy atom. The molecule has 1 fully saturated rings. The fourth-order valence-electron chi connectivity index (χ4n) is 2.58. The van der Waals surface area contributed by atoms with E-state index in [9.17, 15) is 19.5 Å². The van der Waals surface area contributed by atoms with Crippen molar-refractivity contribution in [3.05, 3.63) is 21.9 Å². The number of aromatic nitrogens is 1. The minimum Gasteiger partial charge on any atom is 1.00 e. The van der Waals surface area contributed by atoms with Crippen LogP contribution in [0.4, 0.5) is 4.69 Å². The van der Waals surface area contributed by atoms with Crippen LogP contribution in [0.2, 0.25) is 0 Å². The van der Waals surface area contributed by atoms with Crippen molar-refractivity contribution >= 4 is 54.5 Å². The summed E-state index contributed by atoms with van der Waals surface area (Å²) < 4.78 is 0.337. The number of carbonyl (C=O) groups is 3. The molecular weight excluding hydrogens is 440 g/mol. The second kappa shape index (κ2) is 8.15. The third-order valence-corrected chi connectivity index (χ3v) is 6.56. The number of carbonyl (C=O) groups excluding carboxylic acids is 3. The van der Waals surface area contributed by atoms with E-state index >= 15 is 0 Å². The first-order chi connectivity index (χ1) is 11.8. The maximum absolute atomic E-state index is 12.3. The Hall–Kier alpha value is -1.30. The number of thioether (sulfide) groups is 1. The summed E-state index contributed by atoms with van der Waals surface area (Å²) in [5.41, 5.74) is 5.71. The van der Waals surface area contributed by atoms with Gasteiger partial charge in [-0.2, -0.15) is 0 Å². The van der Waals surface area contributed by atoms with E-state index in [4.69, 9.17) is 10.9 Å². The molecule has 4 N–H and O–H groups in total. The number of anilines is 1. The minimum absolute atomic E-state index is 0. The Balaban J connectivity index is 0.00000243. The van der Waals surface area contributed by atoms with Crippen molar-refractivity contribution in [3.63, 3.8) is 0 Å². The van der Waals surface area contributed by atoms with Crippen molar-refractivity contribution in [2.45, 2.75) is 18.3 Å². The summed E-state index contributed by atoms with van der Waals surface area (Å²) in [4.78, 5) is 42.4. The van der Waals surface area contributed by atoms with Crippen molar-refractivity contribution in [3.8, 4) is 0 Å². The van der Waals surface area contributed by atoms with E-state index in [0.29, 0.717) is 16.0 Å². The van der Waals surface area contributed by atoms with Crippen molar-refractivity contribution in [1.29, 1.82) is 0 Å².